The first kappa shape index (κ1) is 27.9. The summed E-state index contributed by atoms with van der Waals surface area (Å²) in [5.41, 5.74) is 4.27. The molecule has 0 radical (unpaired) electrons. The van der Waals surface area contributed by atoms with Gasteiger partial charge in [-0.2, -0.15) is 4.31 Å². The van der Waals surface area contributed by atoms with Crippen LogP contribution in [0, 0.1) is 13.8 Å². The van der Waals surface area contributed by atoms with Crippen LogP contribution in [0.4, 0.5) is 5.69 Å². The van der Waals surface area contributed by atoms with Crippen molar-refractivity contribution < 1.29 is 13.2 Å². The van der Waals surface area contributed by atoms with Gasteiger partial charge in [0, 0.05) is 42.9 Å². The van der Waals surface area contributed by atoms with Gasteiger partial charge >= 0.3 is 0 Å². The first-order chi connectivity index (χ1) is 17.6. The molecule has 10 heteroatoms. The lowest BCUT2D eigenvalue weighted by Crippen LogP contribution is -2.52. The van der Waals surface area contributed by atoms with E-state index in [1.165, 1.54) is 33.3 Å². The van der Waals surface area contributed by atoms with Crippen LogP contribution in [0.1, 0.15) is 16.7 Å². The molecule has 1 amide bonds. The number of benzene rings is 3. The Hall–Kier alpha value is -2.10. The quantitative estimate of drug-likeness (QED) is 0.328. The summed E-state index contributed by atoms with van der Waals surface area (Å²) in [6.45, 7) is 6.31. The Kier molecular flexibility index (Phi) is 8.86. The third-order valence-electron chi connectivity index (χ3n) is 6.66. The van der Waals surface area contributed by atoms with E-state index in [1.54, 1.807) is 35.2 Å². The molecule has 196 valence electrons. The molecule has 0 aliphatic carbocycles. The smallest absolute Gasteiger partial charge is 0.243 e. The Bertz CT molecular complexity index is 1390. The second-order valence-electron chi connectivity index (χ2n) is 9.06. The van der Waals surface area contributed by atoms with Gasteiger partial charge in [-0.25, -0.2) is 8.42 Å². The van der Waals surface area contributed by atoms with Crippen molar-refractivity contribution in [2.24, 2.45) is 0 Å². The molecular weight excluding hydrogens is 597 g/mol. The molecule has 0 aromatic heterocycles. The molecule has 0 atom stereocenters. The van der Waals surface area contributed by atoms with Crippen molar-refractivity contribution in [3.8, 4) is 0 Å². The van der Waals surface area contributed by atoms with E-state index in [1.807, 2.05) is 6.07 Å². The summed E-state index contributed by atoms with van der Waals surface area (Å²) in [5, 5.41) is 0.708. The summed E-state index contributed by atoms with van der Waals surface area (Å²) in [7, 11) is -3.96. The Morgan fingerprint density at radius 3 is 2.27 bits per heavy atom. The van der Waals surface area contributed by atoms with Crippen molar-refractivity contribution >= 4 is 60.7 Å². The van der Waals surface area contributed by atoms with Gasteiger partial charge in [-0.15, -0.1) is 0 Å². The average molecular weight is 625 g/mol. The number of anilines is 1. The zero-order valence-corrected chi connectivity index (χ0v) is 24.5. The fourth-order valence-corrected chi connectivity index (χ4v) is 6.31. The molecule has 1 heterocycles. The van der Waals surface area contributed by atoms with Gasteiger partial charge in [0.25, 0.3) is 0 Å². The molecule has 0 unspecified atom stereocenters. The van der Waals surface area contributed by atoms with Gasteiger partial charge in [0.05, 0.1) is 21.5 Å². The van der Waals surface area contributed by atoms with Crippen LogP contribution < -0.4 is 4.90 Å². The number of carbonyl (C=O) groups is 1. The van der Waals surface area contributed by atoms with Crippen LogP contribution >= 0.6 is 39.1 Å². The fraction of sp³-hybridized carbons (Fsp3) is 0.296. The van der Waals surface area contributed by atoms with Gasteiger partial charge in [0.15, 0.2) is 0 Å². The standard InChI is InChI=1S/C27H28BrCl2N3O3S/c1-19-4-3-5-26(20(19)2)31-12-14-32(15-13-31)27(34)18-33(17-21-6-11-24(29)25(30)16-21)37(35,36)23-9-7-22(28)8-10-23/h3-11,16H,12-15,17-18H2,1-2H3. The zero-order valence-electron chi connectivity index (χ0n) is 20.6. The topological polar surface area (TPSA) is 60.9 Å². The molecule has 4 rings (SSSR count). The monoisotopic (exact) mass is 623 g/mol. The summed E-state index contributed by atoms with van der Waals surface area (Å²) in [6, 6.07) is 17.6. The van der Waals surface area contributed by atoms with Crippen LogP contribution in [0.5, 0.6) is 0 Å². The molecule has 6 nitrogen and oxygen atoms in total. The summed E-state index contributed by atoms with van der Waals surface area (Å²) in [4.78, 5) is 17.5. The average Bonchev–Trinajstić information content (AvgIpc) is 2.88. The van der Waals surface area contributed by atoms with Gasteiger partial charge in [-0.05, 0) is 73.0 Å². The van der Waals surface area contributed by atoms with E-state index >= 15 is 0 Å². The van der Waals surface area contributed by atoms with E-state index in [9.17, 15) is 13.2 Å². The summed E-state index contributed by atoms with van der Waals surface area (Å²) in [5.74, 6) is -0.235. The van der Waals surface area contributed by atoms with Crippen LogP contribution in [0.15, 0.2) is 70.0 Å². The van der Waals surface area contributed by atoms with Crippen molar-refractivity contribution in [3.63, 3.8) is 0 Å². The second-order valence-corrected chi connectivity index (χ2v) is 12.7. The van der Waals surface area contributed by atoms with Crippen LogP contribution in [-0.2, 0) is 21.4 Å². The molecule has 1 aliphatic heterocycles. The molecule has 37 heavy (non-hydrogen) atoms. The normalized spacial score (nSPS) is 14.3. The van der Waals surface area contributed by atoms with Crippen molar-refractivity contribution in [3.05, 3.63) is 91.9 Å². The maximum Gasteiger partial charge on any atom is 0.243 e. The number of amides is 1. The van der Waals surface area contributed by atoms with E-state index in [2.05, 4.69) is 46.8 Å². The largest absolute Gasteiger partial charge is 0.368 e. The molecule has 0 N–H and O–H groups in total. The highest BCUT2D eigenvalue weighted by molar-refractivity contribution is 9.10. The minimum Gasteiger partial charge on any atom is -0.368 e. The Labute approximate surface area is 237 Å². The van der Waals surface area contributed by atoms with Crippen molar-refractivity contribution in [1.29, 1.82) is 0 Å². The van der Waals surface area contributed by atoms with Crippen molar-refractivity contribution in [1.82, 2.24) is 9.21 Å². The van der Waals surface area contributed by atoms with E-state index in [4.69, 9.17) is 23.2 Å². The van der Waals surface area contributed by atoms with Gasteiger partial charge < -0.3 is 9.80 Å². The Morgan fingerprint density at radius 1 is 0.946 bits per heavy atom. The number of hydrogen-bond donors (Lipinski definition) is 0. The molecule has 1 fully saturated rings. The summed E-state index contributed by atoms with van der Waals surface area (Å²) < 4.78 is 29.2. The molecule has 0 saturated carbocycles. The number of halogens is 3. The fourth-order valence-electron chi connectivity index (χ4n) is 4.35. The van der Waals surface area contributed by atoms with Crippen molar-refractivity contribution in [2.45, 2.75) is 25.3 Å². The highest BCUT2D eigenvalue weighted by atomic mass is 79.9. The predicted octanol–water partition coefficient (Wildman–Crippen LogP) is 5.91. The molecule has 3 aromatic carbocycles. The van der Waals surface area contributed by atoms with Gasteiger partial charge in [0.1, 0.15) is 0 Å². The van der Waals surface area contributed by atoms with E-state index in [-0.39, 0.29) is 23.9 Å². The lowest BCUT2D eigenvalue weighted by Gasteiger charge is -2.37. The van der Waals surface area contributed by atoms with Crippen LogP contribution in [0.25, 0.3) is 0 Å². The number of sulfonamides is 1. The van der Waals surface area contributed by atoms with Gasteiger partial charge in [-0.1, -0.05) is 57.3 Å². The molecule has 0 bridgehead atoms. The lowest BCUT2D eigenvalue weighted by atomic mass is 10.1. The Balaban J connectivity index is 1.52. The maximum atomic E-state index is 13.6. The highest BCUT2D eigenvalue weighted by Gasteiger charge is 2.30. The van der Waals surface area contributed by atoms with E-state index in [0.29, 0.717) is 41.8 Å². The van der Waals surface area contributed by atoms with E-state index < -0.39 is 10.0 Å². The number of piperazine rings is 1. The summed E-state index contributed by atoms with van der Waals surface area (Å²) >= 11 is 15.6. The number of rotatable bonds is 7. The molecule has 1 aliphatic rings. The second kappa shape index (κ2) is 11.7. The first-order valence-corrected chi connectivity index (χ1v) is 14.8. The third kappa shape index (κ3) is 6.49. The molecule has 0 spiro atoms. The molecule has 3 aromatic rings. The van der Waals surface area contributed by atoms with Gasteiger partial charge in [0.2, 0.25) is 15.9 Å². The number of nitrogens with zero attached hydrogens (tertiary/aromatic N) is 3. The third-order valence-corrected chi connectivity index (χ3v) is 9.73. The van der Waals surface area contributed by atoms with Crippen LogP contribution in [0.3, 0.4) is 0 Å². The first-order valence-electron chi connectivity index (χ1n) is 11.8. The maximum absolute atomic E-state index is 13.6. The molecule has 1 saturated heterocycles. The lowest BCUT2D eigenvalue weighted by molar-refractivity contribution is -0.131. The van der Waals surface area contributed by atoms with E-state index in [0.717, 1.165) is 4.47 Å². The zero-order chi connectivity index (χ0) is 26.7. The predicted molar refractivity (Wildman–Crippen MR) is 153 cm³/mol. The summed E-state index contributed by atoms with van der Waals surface area (Å²) in [6.07, 6.45) is 0. The highest BCUT2D eigenvalue weighted by Crippen LogP contribution is 2.27. The van der Waals surface area contributed by atoms with Crippen LogP contribution in [-0.4, -0.2) is 56.3 Å². The van der Waals surface area contributed by atoms with Crippen molar-refractivity contribution in [2.75, 3.05) is 37.6 Å². The minimum atomic E-state index is -3.96. The van der Waals surface area contributed by atoms with Crippen LogP contribution in [0.2, 0.25) is 10.0 Å². The Morgan fingerprint density at radius 2 is 1.62 bits per heavy atom. The minimum absolute atomic E-state index is 0.0104. The number of carbonyl (C=O) groups excluding carboxylic acids is 1. The molecular formula is C27H28BrCl2N3O3S. The van der Waals surface area contributed by atoms with Gasteiger partial charge in [-0.3, -0.25) is 4.79 Å². The number of aryl methyl sites for hydroxylation is 1. The SMILES string of the molecule is Cc1cccc(N2CCN(C(=O)CN(Cc3ccc(Cl)c(Cl)c3)S(=O)(=O)c3ccc(Br)cc3)CC2)c1C. The number of hydrogen-bond acceptors (Lipinski definition) is 4.